The molecule has 1 atom stereocenters. The molecule has 1 aliphatic rings. The Balaban J connectivity index is 2.72. The zero-order valence-corrected chi connectivity index (χ0v) is 9.72. The molecule has 1 rings (SSSR count). The van der Waals surface area contributed by atoms with Gasteiger partial charge in [0, 0.05) is 12.2 Å². The molecule has 0 radical (unpaired) electrons. The lowest BCUT2D eigenvalue weighted by atomic mass is 10.1. The van der Waals surface area contributed by atoms with Gasteiger partial charge in [0.15, 0.2) is 0 Å². The first-order valence-electron chi connectivity index (χ1n) is 5.45. The molecule has 6 heteroatoms. The van der Waals surface area contributed by atoms with Crippen molar-refractivity contribution in [1.82, 2.24) is 4.90 Å². The Hall–Kier alpha value is -1.69. The van der Waals surface area contributed by atoms with Gasteiger partial charge in [0.2, 0.25) is 0 Å². The molecule has 0 fully saturated rings. The summed E-state index contributed by atoms with van der Waals surface area (Å²) in [6.07, 6.45) is 4.08. The van der Waals surface area contributed by atoms with Crippen molar-refractivity contribution < 1.29 is 19.1 Å². The van der Waals surface area contributed by atoms with E-state index in [1.54, 1.807) is 0 Å². The Kier molecular flexibility index (Phi) is 4.84. The Bertz CT molecular complexity index is 333. The largest absolute Gasteiger partial charge is 0.467 e. The molecule has 1 heterocycles. The van der Waals surface area contributed by atoms with E-state index in [9.17, 15) is 14.4 Å². The first kappa shape index (κ1) is 13.4. The van der Waals surface area contributed by atoms with Gasteiger partial charge in [-0.2, -0.15) is 0 Å². The van der Waals surface area contributed by atoms with Crippen molar-refractivity contribution in [3.05, 3.63) is 12.2 Å². The van der Waals surface area contributed by atoms with Crippen LogP contribution in [0.2, 0.25) is 0 Å². The molecular weight excluding hydrogens is 224 g/mol. The molecular formula is C11H16N2O4. The fourth-order valence-corrected chi connectivity index (χ4v) is 1.69. The Labute approximate surface area is 99.4 Å². The van der Waals surface area contributed by atoms with Crippen LogP contribution in [0.25, 0.3) is 0 Å². The fourth-order valence-electron chi connectivity index (χ4n) is 1.69. The van der Waals surface area contributed by atoms with E-state index in [0.29, 0.717) is 19.4 Å². The van der Waals surface area contributed by atoms with Crippen molar-refractivity contribution >= 4 is 17.8 Å². The third kappa shape index (κ3) is 3.13. The summed E-state index contributed by atoms with van der Waals surface area (Å²) in [5.41, 5.74) is 5.36. The number of carbonyl (C=O) groups is 3. The molecule has 0 aliphatic carbocycles. The number of rotatable bonds is 6. The van der Waals surface area contributed by atoms with E-state index in [4.69, 9.17) is 5.73 Å². The zero-order chi connectivity index (χ0) is 12.8. The summed E-state index contributed by atoms with van der Waals surface area (Å²) in [5.74, 6) is -1.52. The molecule has 0 aromatic heterocycles. The minimum Gasteiger partial charge on any atom is -0.467 e. The Morgan fingerprint density at radius 3 is 2.41 bits per heavy atom. The number of nitrogens with zero attached hydrogens (tertiary/aromatic N) is 1. The highest BCUT2D eigenvalue weighted by atomic mass is 16.5. The lowest BCUT2D eigenvalue weighted by Crippen LogP contribution is -2.45. The van der Waals surface area contributed by atoms with Gasteiger partial charge in [-0.3, -0.25) is 14.5 Å². The second-order valence-corrected chi connectivity index (χ2v) is 3.70. The molecule has 0 saturated carbocycles. The van der Waals surface area contributed by atoms with Crippen LogP contribution in [0, 0.1) is 0 Å². The number of nitrogens with two attached hydrogens (primary N) is 1. The highest BCUT2D eigenvalue weighted by molar-refractivity contribution is 6.14. The molecule has 0 bridgehead atoms. The molecule has 2 N–H and O–H groups in total. The first-order valence-corrected chi connectivity index (χ1v) is 5.45. The molecule has 0 saturated heterocycles. The lowest BCUT2D eigenvalue weighted by molar-refractivity contribution is -0.155. The fraction of sp³-hybridized carbons (Fsp3) is 0.545. The molecule has 2 amide bonds. The van der Waals surface area contributed by atoms with Gasteiger partial charge in [0.25, 0.3) is 11.8 Å². The van der Waals surface area contributed by atoms with Crippen LogP contribution in [0.3, 0.4) is 0 Å². The monoisotopic (exact) mass is 240 g/mol. The summed E-state index contributed by atoms with van der Waals surface area (Å²) < 4.78 is 4.61. The normalized spacial score (nSPS) is 16.5. The average molecular weight is 240 g/mol. The van der Waals surface area contributed by atoms with Crippen LogP contribution in [0.4, 0.5) is 0 Å². The Morgan fingerprint density at radius 2 is 1.94 bits per heavy atom. The van der Waals surface area contributed by atoms with Gasteiger partial charge in [-0.15, -0.1) is 0 Å². The highest BCUT2D eigenvalue weighted by Gasteiger charge is 2.35. The number of esters is 1. The van der Waals surface area contributed by atoms with Crippen LogP contribution in [0.15, 0.2) is 12.2 Å². The predicted molar refractivity (Wildman–Crippen MR) is 59.7 cm³/mol. The number of imide groups is 1. The number of ether oxygens (including phenoxy) is 1. The van der Waals surface area contributed by atoms with Crippen molar-refractivity contribution in [2.75, 3.05) is 13.7 Å². The number of hydrogen-bond donors (Lipinski definition) is 1. The molecule has 6 nitrogen and oxygen atoms in total. The van der Waals surface area contributed by atoms with Crippen LogP contribution in [0.1, 0.15) is 19.3 Å². The van der Waals surface area contributed by atoms with Crippen molar-refractivity contribution in [2.45, 2.75) is 25.3 Å². The minimum absolute atomic E-state index is 0.378. The smallest absolute Gasteiger partial charge is 0.329 e. The molecule has 0 aromatic carbocycles. The van der Waals surface area contributed by atoms with Crippen molar-refractivity contribution in [3.63, 3.8) is 0 Å². The van der Waals surface area contributed by atoms with E-state index in [1.165, 1.54) is 7.11 Å². The number of unbranched alkanes of at least 4 members (excludes halogenated alkanes) is 1. The van der Waals surface area contributed by atoms with Crippen molar-refractivity contribution in [3.8, 4) is 0 Å². The van der Waals surface area contributed by atoms with Gasteiger partial charge >= 0.3 is 5.97 Å². The van der Waals surface area contributed by atoms with Crippen LogP contribution in [0.5, 0.6) is 0 Å². The maximum Gasteiger partial charge on any atom is 0.329 e. The van der Waals surface area contributed by atoms with Gasteiger partial charge in [-0.05, 0) is 25.8 Å². The standard InChI is InChI=1S/C11H16N2O4/c1-17-11(16)8(4-2-3-7-12)13-9(14)5-6-10(13)15/h5-6,8H,2-4,7,12H2,1H3. The van der Waals surface area contributed by atoms with E-state index < -0.39 is 23.8 Å². The van der Waals surface area contributed by atoms with Crippen molar-refractivity contribution in [1.29, 1.82) is 0 Å². The van der Waals surface area contributed by atoms with E-state index >= 15 is 0 Å². The van der Waals surface area contributed by atoms with Gasteiger partial charge in [0.05, 0.1) is 7.11 Å². The van der Waals surface area contributed by atoms with Gasteiger partial charge in [0.1, 0.15) is 6.04 Å². The minimum atomic E-state index is -0.846. The molecule has 17 heavy (non-hydrogen) atoms. The SMILES string of the molecule is COC(=O)C(CCCCN)N1C(=O)C=CC1=O. The van der Waals surface area contributed by atoms with Gasteiger partial charge in [-0.1, -0.05) is 0 Å². The summed E-state index contributed by atoms with van der Waals surface area (Å²) >= 11 is 0. The van der Waals surface area contributed by atoms with E-state index in [-0.39, 0.29) is 0 Å². The van der Waals surface area contributed by atoms with Gasteiger partial charge in [-0.25, -0.2) is 4.79 Å². The Morgan fingerprint density at radius 1 is 1.35 bits per heavy atom. The third-order valence-corrected chi connectivity index (χ3v) is 2.56. The maximum absolute atomic E-state index is 11.6. The summed E-state index contributed by atoms with van der Waals surface area (Å²) in [5, 5.41) is 0. The molecule has 1 unspecified atom stereocenters. The summed E-state index contributed by atoms with van der Waals surface area (Å²) in [4.78, 5) is 35.4. The van der Waals surface area contributed by atoms with Crippen molar-refractivity contribution in [2.24, 2.45) is 5.73 Å². The molecule has 1 aliphatic heterocycles. The second kappa shape index (κ2) is 6.15. The number of carbonyl (C=O) groups excluding carboxylic acids is 3. The quantitative estimate of drug-likeness (QED) is 0.387. The number of hydrogen-bond acceptors (Lipinski definition) is 5. The van der Waals surface area contributed by atoms with Crippen LogP contribution >= 0.6 is 0 Å². The zero-order valence-electron chi connectivity index (χ0n) is 9.72. The average Bonchev–Trinajstić information content (AvgIpc) is 2.65. The summed E-state index contributed by atoms with van der Waals surface area (Å²) in [6, 6.07) is -0.846. The van der Waals surface area contributed by atoms with E-state index in [0.717, 1.165) is 23.5 Å². The third-order valence-electron chi connectivity index (χ3n) is 2.56. The number of methoxy groups -OCH3 is 1. The molecule has 0 aromatic rings. The summed E-state index contributed by atoms with van der Waals surface area (Å²) in [6.45, 7) is 0.508. The number of amides is 2. The molecule has 94 valence electrons. The lowest BCUT2D eigenvalue weighted by Gasteiger charge is -2.23. The van der Waals surface area contributed by atoms with E-state index in [2.05, 4.69) is 4.74 Å². The van der Waals surface area contributed by atoms with Gasteiger partial charge < -0.3 is 10.5 Å². The highest BCUT2D eigenvalue weighted by Crippen LogP contribution is 2.15. The summed E-state index contributed by atoms with van der Waals surface area (Å²) in [7, 11) is 1.23. The topological polar surface area (TPSA) is 89.7 Å². The predicted octanol–water partition coefficient (Wildman–Crippen LogP) is -0.418. The van der Waals surface area contributed by atoms with Crippen LogP contribution < -0.4 is 5.73 Å². The first-order chi connectivity index (χ1) is 8.11. The second-order valence-electron chi connectivity index (χ2n) is 3.70. The van der Waals surface area contributed by atoms with Crippen LogP contribution in [-0.2, 0) is 19.1 Å². The van der Waals surface area contributed by atoms with Crippen LogP contribution in [-0.4, -0.2) is 42.4 Å². The van der Waals surface area contributed by atoms with E-state index in [1.807, 2.05) is 0 Å². The maximum atomic E-state index is 11.6. The molecule has 0 spiro atoms.